The number of carbonyl (C=O) groups is 2. The highest BCUT2D eigenvalue weighted by Gasteiger charge is 2.42. The molecule has 0 radical (unpaired) electrons. The van der Waals surface area contributed by atoms with Gasteiger partial charge in [-0.1, -0.05) is 20.8 Å². The smallest absolute Gasteiger partial charge is 0.240 e. The Morgan fingerprint density at radius 2 is 1.97 bits per heavy atom. The standard InChI is InChI=1S/C26H34N4O3S2/c1-16-10-12-34-21(16)22-20-23(25(2,3)4)28-30(26(5,6)7)24(20)29(19(32)15-35-22)14-18(31)27-13-17-9-8-11-33-17/h8-12,22H,13-15H2,1-7H3,(H,27,31). The van der Waals surface area contributed by atoms with Crippen LogP contribution in [0.15, 0.2) is 34.3 Å². The van der Waals surface area contributed by atoms with E-state index in [1.54, 1.807) is 40.3 Å². The van der Waals surface area contributed by atoms with Crippen molar-refractivity contribution in [3.05, 3.63) is 57.3 Å². The number of nitrogens with one attached hydrogen (secondary N) is 1. The molecule has 0 aromatic carbocycles. The Morgan fingerprint density at radius 1 is 1.23 bits per heavy atom. The van der Waals surface area contributed by atoms with Crippen LogP contribution in [-0.2, 0) is 27.1 Å². The molecule has 7 nitrogen and oxygen atoms in total. The van der Waals surface area contributed by atoms with Gasteiger partial charge in [-0.3, -0.25) is 14.5 Å². The molecule has 4 heterocycles. The van der Waals surface area contributed by atoms with Crippen molar-refractivity contribution in [3.63, 3.8) is 0 Å². The number of furan rings is 1. The molecule has 0 bridgehead atoms. The summed E-state index contributed by atoms with van der Waals surface area (Å²) >= 11 is 3.33. The summed E-state index contributed by atoms with van der Waals surface area (Å²) in [6.07, 6.45) is 1.58. The molecule has 35 heavy (non-hydrogen) atoms. The van der Waals surface area contributed by atoms with Crippen molar-refractivity contribution in [2.75, 3.05) is 17.2 Å². The fourth-order valence-corrected chi connectivity index (χ4v) is 6.67. The molecular formula is C26H34N4O3S2. The van der Waals surface area contributed by atoms with Gasteiger partial charge >= 0.3 is 0 Å². The van der Waals surface area contributed by atoms with Crippen molar-refractivity contribution in [3.8, 4) is 0 Å². The molecule has 0 aliphatic carbocycles. The van der Waals surface area contributed by atoms with Crippen LogP contribution in [0.2, 0.25) is 0 Å². The zero-order valence-corrected chi connectivity index (χ0v) is 23.1. The maximum absolute atomic E-state index is 13.6. The summed E-state index contributed by atoms with van der Waals surface area (Å²) in [7, 11) is 0. The third-order valence-corrected chi connectivity index (χ3v) is 8.37. The van der Waals surface area contributed by atoms with Crippen LogP contribution in [0.4, 0.5) is 5.82 Å². The van der Waals surface area contributed by atoms with Gasteiger partial charge in [0.25, 0.3) is 0 Å². The number of amides is 2. The van der Waals surface area contributed by atoms with Gasteiger partial charge in [-0.15, -0.1) is 23.1 Å². The van der Waals surface area contributed by atoms with Crippen LogP contribution in [0.5, 0.6) is 0 Å². The highest BCUT2D eigenvalue weighted by Crippen LogP contribution is 2.50. The molecule has 2 amide bonds. The van der Waals surface area contributed by atoms with E-state index in [1.165, 1.54) is 10.4 Å². The number of thioether (sulfide) groups is 1. The summed E-state index contributed by atoms with van der Waals surface area (Å²) < 4.78 is 7.28. The summed E-state index contributed by atoms with van der Waals surface area (Å²) in [5.41, 5.74) is 2.57. The van der Waals surface area contributed by atoms with Gasteiger partial charge in [-0.05, 0) is 56.8 Å². The van der Waals surface area contributed by atoms with Gasteiger partial charge in [0.2, 0.25) is 11.8 Å². The van der Waals surface area contributed by atoms with Crippen LogP contribution in [0, 0.1) is 6.92 Å². The molecule has 1 aliphatic heterocycles. The summed E-state index contributed by atoms with van der Waals surface area (Å²) in [6, 6.07) is 5.72. The van der Waals surface area contributed by atoms with E-state index < -0.39 is 0 Å². The fraction of sp³-hybridized carbons (Fsp3) is 0.500. The minimum absolute atomic E-state index is 0.0320. The Labute approximate surface area is 215 Å². The highest BCUT2D eigenvalue weighted by atomic mass is 32.2. The molecule has 0 saturated carbocycles. The number of aryl methyl sites for hydroxylation is 1. The van der Waals surface area contributed by atoms with E-state index >= 15 is 0 Å². The third-order valence-electron chi connectivity index (χ3n) is 5.92. The lowest BCUT2D eigenvalue weighted by Crippen LogP contribution is -2.43. The molecule has 0 saturated heterocycles. The van der Waals surface area contributed by atoms with Gasteiger partial charge in [0.05, 0.1) is 35.0 Å². The van der Waals surface area contributed by atoms with Gasteiger partial charge in [0.15, 0.2) is 0 Å². The molecule has 1 aliphatic rings. The third kappa shape index (κ3) is 5.21. The van der Waals surface area contributed by atoms with E-state index in [4.69, 9.17) is 9.52 Å². The van der Waals surface area contributed by atoms with Gasteiger partial charge < -0.3 is 9.73 Å². The van der Waals surface area contributed by atoms with Crippen molar-refractivity contribution in [2.24, 2.45) is 0 Å². The van der Waals surface area contributed by atoms with E-state index in [2.05, 4.69) is 65.2 Å². The average Bonchev–Trinajstić information content (AvgIpc) is 3.49. The maximum Gasteiger partial charge on any atom is 0.240 e. The number of hydrogen-bond donors (Lipinski definition) is 1. The zero-order chi connectivity index (χ0) is 25.5. The summed E-state index contributed by atoms with van der Waals surface area (Å²) in [6.45, 7) is 15.0. The second-order valence-electron chi connectivity index (χ2n) is 10.9. The number of carbonyl (C=O) groups excluding carboxylic acids is 2. The average molecular weight is 515 g/mol. The van der Waals surface area contributed by atoms with Crippen LogP contribution in [0.3, 0.4) is 0 Å². The Hall–Kier alpha value is -2.52. The first-order valence-corrected chi connectivity index (χ1v) is 13.7. The van der Waals surface area contributed by atoms with E-state index in [1.807, 2.05) is 10.7 Å². The minimum atomic E-state index is -0.388. The van der Waals surface area contributed by atoms with Crippen LogP contribution in [-0.4, -0.2) is 33.9 Å². The number of nitrogens with zero attached hydrogens (tertiary/aromatic N) is 3. The first kappa shape index (κ1) is 25.6. The van der Waals surface area contributed by atoms with E-state index in [0.29, 0.717) is 5.76 Å². The van der Waals surface area contributed by atoms with Gasteiger partial charge in [0, 0.05) is 15.9 Å². The Kier molecular flexibility index (Phi) is 6.94. The topological polar surface area (TPSA) is 80.4 Å². The summed E-state index contributed by atoms with van der Waals surface area (Å²) in [4.78, 5) is 29.4. The number of aromatic nitrogens is 2. The SMILES string of the molecule is Cc1ccsc1C1SCC(=O)N(CC(=O)NCc2ccco2)c2c1c(C(C)(C)C)nn2C(C)(C)C. The highest BCUT2D eigenvalue weighted by molar-refractivity contribution is 8.00. The molecule has 1 N–H and O–H groups in total. The lowest BCUT2D eigenvalue weighted by molar-refractivity contribution is -0.123. The normalized spacial score (nSPS) is 16.8. The molecule has 9 heteroatoms. The quantitative estimate of drug-likeness (QED) is 0.494. The number of thiophene rings is 1. The number of anilines is 1. The maximum atomic E-state index is 13.6. The Morgan fingerprint density at radius 3 is 2.54 bits per heavy atom. The number of hydrogen-bond acceptors (Lipinski definition) is 6. The molecule has 1 atom stereocenters. The molecule has 3 aromatic heterocycles. The Bertz CT molecular complexity index is 1210. The number of fused-ring (bicyclic) bond motifs is 1. The van der Waals surface area contributed by atoms with Crippen LogP contribution >= 0.6 is 23.1 Å². The van der Waals surface area contributed by atoms with Crippen LogP contribution in [0.25, 0.3) is 0 Å². The second-order valence-corrected chi connectivity index (χ2v) is 13.0. The van der Waals surface area contributed by atoms with E-state index in [9.17, 15) is 9.59 Å². The first-order valence-electron chi connectivity index (χ1n) is 11.8. The predicted octanol–water partition coefficient (Wildman–Crippen LogP) is 5.38. The first-order chi connectivity index (χ1) is 16.4. The molecule has 4 rings (SSSR count). The number of rotatable bonds is 5. The van der Waals surface area contributed by atoms with Crippen molar-refractivity contribution in [2.45, 2.75) is 71.2 Å². The lowest BCUT2D eigenvalue weighted by Gasteiger charge is -2.28. The Balaban J connectivity index is 1.84. The largest absolute Gasteiger partial charge is 0.467 e. The van der Waals surface area contributed by atoms with E-state index in [-0.39, 0.29) is 46.9 Å². The molecule has 1 unspecified atom stereocenters. The van der Waals surface area contributed by atoms with Crippen LogP contribution in [0.1, 0.15) is 74.3 Å². The van der Waals surface area contributed by atoms with Gasteiger partial charge in [-0.2, -0.15) is 5.10 Å². The lowest BCUT2D eigenvalue weighted by atomic mass is 9.87. The van der Waals surface area contributed by atoms with Crippen LogP contribution < -0.4 is 10.2 Å². The summed E-state index contributed by atoms with van der Waals surface area (Å²) in [5.74, 6) is 1.35. The fourth-order valence-electron chi connectivity index (χ4n) is 4.20. The minimum Gasteiger partial charge on any atom is -0.467 e. The summed E-state index contributed by atoms with van der Waals surface area (Å²) in [5, 5.41) is 10.1. The molecule has 0 fully saturated rings. The molecular weight excluding hydrogens is 480 g/mol. The van der Waals surface area contributed by atoms with E-state index in [0.717, 1.165) is 17.1 Å². The van der Waals surface area contributed by atoms with Crippen molar-refractivity contribution < 1.29 is 14.0 Å². The van der Waals surface area contributed by atoms with Gasteiger partial charge in [-0.25, -0.2) is 4.68 Å². The molecule has 3 aromatic rings. The predicted molar refractivity (Wildman–Crippen MR) is 142 cm³/mol. The zero-order valence-electron chi connectivity index (χ0n) is 21.5. The molecule has 188 valence electrons. The monoisotopic (exact) mass is 514 g/mol. The molecule has 0 spiro atoms. The van der Waals surface area contributed by atoms with Gasteiger partial charge in [0.1, 0.15) is 18.1 Å². The van der Waals surface area contributed by atoms with Crippen molar-refractivity contribution in [1.29, 1.82) is 0 Å². The van der Waals surface area contributed by atoms with Crippen molar-refractivity contribution in [1.82, 2.24) is 15.1 Å². The van der Waals surface area contributed by atoms with Crippen molar-refractivity contribution >= 4 is 40.7 Å². The second kappa shape index (κ2) is 9.50.